The Bertz CT molecular complexity index is 335. The maximum absolute atomic E-state index is 5.97. The summed E-state index contributed by atoms with van der Waals surface area (Å²) >= 11 is 8.86. The first-order valence-electron chi connectivity index (χ1n) is 5.95. The molecular formula is C12H20Br2N2S. The molecule has 0 fully saturated rings. The number of hydrogen-bond acceptors (Lipinski definition) is 3. The van der Waals surface area contributed by atoms with Gasteiger partial charge in [-0.2, -0.15) is 0 Å². The van der Waals surface area contributed by atoms with Gasteiger partial charge in [-0.25, -0.2) is 0 Å². The predicted octanol–water partition coefficient (Wildman–Crippen LogP) is 4.39. The zero-order valence-corrected chi connectivity index (χ0v) is 14.5. The van der Waals surface area contributed by atoms with E-state index in [2.05, 4.69) is 63.6 Å². The van der Waals surface area contributed by atoms with E-state index in [0.29, 0.717) is 18.6 Å². The number of thiophene rings is 1. The first kappa shape index (κ1) is 15.6. The van der Waals surface area contributed by atoms with E-state index in [9.17, 15) is 0 Å². The second-order valence-corrected chi connectivity index (χ2v) is 7.37. The van der Waals surface area contributed by atoms with Crippen LogP contribution in [0.5, 0.6) is 0 Å². The van der Waals surface area contributed by atoms with Crippen molar-refractivity contribution in [3.8, 4) is 0 Å². The van der Waals surface area contributed by atoms with Gasteiger partial charge in [0.05, 0.1) is 9.83 Å². The van der Waals surface area contributed by atoms with E-state index < -0.39 is 0 Å². The molecule has 2 unspecified atom stereocenters. The molecule has 0 amide bonds. The molecule has 0 bridgehead atoms. The highest BCUT2D eigenvalue weighted by atomic mass is 79.9. The Morgan fingerprint density at radius 3 is 2.41 bits per heavy atom. The van der Waals surface area contributed by atoms with Gasteiger partial charge >= 0.3 is 0 Å². The zero-order valence-electron chi connectivity index (χ0n) is 10.5. The van der Waals surface area contributed by atoms with Crippen molar-refractivity contribution in [2.45, 2.75) is 39.3 Å². The molecule has 0 aliphatic rings. The van der Waals surface area contributed by atoms with Gasteiger partial charge in [-0.15, -0.1) is 11.3 Å². The highest BCUT2D eigenvalue weighted by molar-refractivity contribution is 9.13. The standard InChI is InChI=1S/C12H20Br2N2S/c1-4-8(3)16(5-2)10(7-15)11-6-9(13)12(14)17-11/h6,8,10H,4-5,7,15H2,1-3H3. The average Bonchev–Trinajstić information content (AvgIpc) is 2.65. The van der Waals surface area contributed by atoms with Crippen molar-refractivity contribution in [3.63, 3.8) is 0 Å². The Kier molecular flexibility index (Phi) is 6.66. The van der Waals surface area contributed by atoms with Crippen molar-refractivity contribution in [2.75, 3.05) is 13.1 Å². The SMILES string of the molecule is CCC(C)N(CC)C(CN)c1cc(Br)c(Br)s1. The maximum Gasteiger partial charge on any atom is 0.0843 e. The Morgan fingerprint density at radius 2 is 2.06 bits per heavy atom. The van der Waals surface area contributed by atoms with Crippen molar-refractivity contribution in [3.05, 3.63) is 19.2 Å². The summed E-state index contributed by atoms with van der Waals surface area (Å²) in [6, 6.07) is 3.06. The smallest absolute Gasteiger partial charge is 0.0843 e. The fraction of sp³-hybridized carbons (Fsp3) is 0.667. The lowest BCUT2D eigenvalue weighted by atomic mass is 10.1. The first-order chi connectivity index (χ1) is 8.04. The largest absolute Gasteiger partial charge is 0.329 e. The van der Waals surface area contributed by atoms with Crippen LogP contribution in [0.25, 0.3) is 0 Å². The Hall–Kier alpha value is 0.580. The van der Waals surface area contributed by atoms with Crippen LogP contribution in [0.1, 0.15) is 38.1 Å². The van der Waals surface area contributed by atoms with E-state index in [-0.39, 0.29) is 0 Å². The highest BCUT2D eigenvalue weighted by Gasteiger charge is 2.23. The lowest BCUT2D eigenvalue weighted by Gasteiger charge is -2.34. The molecule has 0 radical (unpaired) electrons. The second-order valence-electron chi connectivity index (χ2n) is 4.11. The van der Waals surface area contributed by atoms with E-state index in [0.717, 1.165) is 21.2 Å². The third-order valence-electron chi connectivity index (χ3n) is 3.14. The molecule has 17 heavy (non-hydrogen) atoms. The molecule has 1 aromatic heterocycles. The summed E-state index contributed by atoms with van der Waals surface area (Å²) in [6.07, 6.45) is 1.15. The molecule has 0 aliphatic carbocycles. The normalized spacial score (nSPS) is 15.2. The minimum atomic E-state index is 0.322. The molecule has 2 atom stereocenters. The molecule has 5 heteroatoms. The lowest BCUT2D eigenvalue weighted by molar-refractivity contribution is 0.154. The van der Waals surface area contributed by atoms with Gasteiger partial charge in [-0.1, -0.05) is 13.8 Å². The van der Waals surface area contributed by atoms with Crippen molar-refractivity contribution >= 4 is 43.2 Å². The summed E-state index contributed by atoms with van der Waals surface area (Å²) < 4.78 is 2.27. The second kappa shape index (κ2) is 7.24. The van der Waals surface area contributed by atoms with Gasteiger partial charge in [0.25, 0.3) is 0 Å². The molecule has 0 saturated heterocycles. The van der Waals surface area contributed by atoms with E-state index in [1.54, 1.807) is 11.3 Å². The number of hydrogen-bond donors (Lipinski definition) is 1. The van der Waals surface area contributed by atoms with Crippen molar-refractivity contribution < 1.29 is 0 Å². The van der Waals surface area contributed by atoms with Gasteiger partial charge < -0.3 is 5.73 Å². The van der Waals surface area contributed by atoms with Crippen molar-refractivity contribution in [2.24, 2.45) is 5.73 Å². The number of nitrogens with zero attached hydrogens (tertiary/aromatic N) is 1. The third kappa shape index (κ3) is 3.77. The predicted molar refractivity (Wildman–Crippen MR) is 83.6 cm³/mol. The number of nitrogens with two attached hydrogens (primary N) is 1. The summed E-state index contributed by atoms with van der Waals surface area (Å²) in [7, 11) is 0. The highest BCUT2D eigenvalue weighted by Crippen LogP contribution is 2.37. The summed E-state index contributed by atoms with van der Waals surface area (Å²) in [5, 5.41) is 0. The fourth-order valence-corrected chi connectivity index (χ4v) is 4.24. The fourth-order valence-electron chi connectivity index (χ4n) is 2.02. The van der Waals surface area contributed by atoms with Crippen LogP contribution in [0, 0.1) is 0 Å². The first-order valence-corrected chi connectivity index (χ1v) is 8.35. The van der Waals surface area contributed by atoms with E-state index in [4.69, 9.17) is 5.73 Å². The number of rotatable bonds is 6. The molecule has 1 heterocycles. The van der Waals surface area contributed by atoms with Crippen molar-refractivity contribution in [1.29, 1.82) is 0 Å². The van der Waals surface area contributed by atoms with Crippen LogP contribution >= 0.6 is 43.2 Å². The van der Waals surface area contributed by atoms with E-state index in [1.807, 2.05) is 0 Å². The van der Waals surface area contributed by atoms with E-state index in [1.165, 1.54) is 4.88 Å². The molecule has 2 nitrogen and oxygen atoms in total. The molecule has 0 aliphatic heterocycles. The Morgan fingerprint density at radius 1 is 1.41 bits per heavy atom. The van der Waals surface area contributed by atoms with Crippen LogP contribution in [0.3, 0.4) is 0 Å². The van der Waals surface area contributed by atoms with Crippen LogP contribution in [0.15, 0.2) is 14.3 Å². The van der Waals surface area contributed by atoms with Crippen LogP contribution < -0.4 is 5.73 Å². The van der Waals surface area contributed by atoms with Gasteiger partial charge in [-0.05, 0) is 57.8 Å². The van der Waals surface area contributed by atoms with Crippen LogP contribution in [0.2, 0.25) is 0 Å². The molecule has 98 valence electrons. The monoisotopic (exact) mass is 382 g/mol. The molecule has 0 saturated carbocycles. The molecule has 1 rings (SSSR count). The van der Waals surface area contributed by atoms with Gasteiger partial charge in [-0.3, -0.25) is 4.90 Å². The number of likely N-dealkylation sites (N-methyl/N-ethyl adjacent to an activating group) is 1. The molecular weight excluding hydrogens is 364 g/mol. The average molecular weight is 384 g/mol. The molecule has 2 N–H and O–H groups in total. The summed E-state index contributed by atoms with van der Waals surface area (Å²) in [5.41, 5.74) is 5.97. The zero-order chi connectivity index (χ0) is 13.0. The maximum atomic E-state index is 5.97. The topological polar surface area (TPSA) is 29.3 Å². The number of halogens is 2. The quantitative estimate of drug-likeness (QED) is 0.788. The minimum Gasteiger partial charge on any atom is -0.329 e. The summed E-state index contributed by atoms with van der Waals surface area (Å²) in [5.74, 6) is 0. The van der Waals surface area contributed by atoms with Crippen LogP contribution in [-0.2, 0) is 0 Å². The Balaban J connectivity index is 2.96. The molecule has 1 aromatic rings. The van der Waals surface area contributed by atoms with Crippen LogP contribution in [-0.4, -0.2) is 24.0 Å². The lowest BCUT2D eigenvalue weighted by Crippen LogP contribution is -2.39. The van der Waals surface area contributed by atoms with Gasteiger partial charge in [0.2, 0.25) is 0 Å². The third-order valence-corrected chi connectivity index (χ3v) is 6.50. The van der Waals surface area contributed by atoms with Gasteiger partial charge in [0.1, 0.15) is 0 Å². The van der Waals surface area contributed by atoms with E-state index >= 15 is 0 Å². The van der Waals surface area contributed by atoms with Gasteiger partial charge in [0, 0.05) is 21.9 Å². The minimum absolute atomic E-state index is 0.322. The van der Waals surface area contributed by atoms with Crippen LogP contribution in [0.4, 0.5) is 0 Å². The van der Waals surface area contributed by atoms with Gasteiger partial charge in [0.15, 0.2) is 0 Å². The van der Waals surface area contributed by atoms with Crippen molar-refractivity contribution in [1.82, 2.24) is 4.90 Å². The molecule has 0 spiro atoms. The summed E-state index contributed by atoms with van der Waals surface area (Å²) in [4.78, 5) is 3.80. The summed E-state index contributed by atoms with van der Waals surface area (Å²) in [6.45, 7) is 8.39. The Labute approximate surface area is 125 Å². The molecule has 0 aromatic carbocycles.